The van der Waals surface area contributed by atoms with Crippen molar-refractivity contribution < 1.29 is 19.1 Å². The molecule has 0 atom stereocenters. The van der Waals surface area contributed by atoms with Crippen LogP contribution in [0.4, 0.5) is 11.4 Å². The van der Waals surface area contributed by atoms with E-state index in [1.165, 1.54) is 4.90 Å². The summed E-state index contributed by atoms with van der Waals surface area (Å²) in [6, 6.07) is 21.7. The van der Waals surface area contributed by atoms with Crippen molar-refractivity contribution in [2.45, 2.75) is 13.8 Å². The number of hydrogen-bond acceptors (Lipinski definition) is 5. The molecule has 162 valence electrons. The van der Waals surface area contributed by atoms with Crippen molar-refractivity contribution in [3.63, 3.8) is 0 Å². The first-order chi connectivity index (χ1) is 15.5. The molecule has 1 aliphatic heterocycles. The molecule has 32 heavy (non-hydrogen) atoms. The molecule has 0 aliphatic carbocycles. The van der Waals surface area contributed by atoms with Crippen LogP contribution in [0, 0.1) is 6.92 Å². The number of ether oxygens (including phenoxy) is 2. The molecule has 0 saturated heterocycles. The van der Waals surface area contributed by atoms with Gasteiger partial charge < -0.3 is 14.8 Å². The number of imide groups is 1. The molecular formula is C26H24N2O4. The van der Waals surface area contributed by atoms with Crippen LogP contribution in [0.1, 0.15) is 18.1 Å². The fraction of sp³-hybridized carbons (Fsp3) is 0.154. The zero-order valence-electron chi connectivity index (χ0n) is 18.2. The second kappa shape index (κ2) is 8.98. The summed E-state index contributed by atoms with van der Waals surface area (Å²) in [6.45, 7) is 4.41. The lowest BCUT2D eigenvalue weighted by molar-refractivity contribution is -0.120. The highest BCUT2D eigenvalue weighted by atomic mass is 16.5. The summed E-state index contributed by atoms with van der Waals surface area (Å²) in [4.78, 5) is 28.1. The summed E-state index contributed by atoms with van der Waals surface area (Å²) >= 11 is 0. The number of rotatable bonds is 7. The van der Waals surface area contributed by atoms with E-state index < -0.39 is 5.91 Å². The van der Waals surface area contributed by atoms with Crippen molar-refractivity contribution in [3.8, 4) is 11.5 Å². The summed E-state index contributed by atoms with van der Waals surface area (Å²) in [5, 5.41) is 3.17. The number of carbonyl (C=O) groups excluding carboxylic acids is 2. The molecule has 6 nitrogen and oxygen atoms in total. The summed E-state index contributed by atoms with van der Waals surface area (Å²) in [7, 11) is 1.57. The summed E-state index contributed by atoms with van der Waals surface area (Å²) in [6.07, 6.45) is 0. The molecule has 1 heterocycles. The number of anilines is 2. The van der Waals surface area contributed by atoms with E-state index in [4.69, 9.17) is 9.47 Å². The van der Waals surface area contributed by atoms with Crippen LogP contribution in [0.5, 0.6) is 11.5 Å². The number of benzene rings is 3. The van der Waals surface area contributed by atoms with Gasteiger partial charge in [0, 0.05) is 11.8 Å². The van der Waals surface area contributed by atoms with E-state index in [0.717, 1.165) is 5.56 Å². The first-order valence-corrected chi connectivity index (χ1v) is 10.4. The number of aryl methyl sites for hydroxylation is 1. The van der Waals surface area contributed by atoms with Crippen molar-refractivity contribution in [2.24, 2.45) is 0 Å². The first kappa shape index (κ1) is 21.2. The Hall–Kier alpha value is -4.06. The summed E-state index contributed by atoms with van der Waals surface area (Å²) in [5.74, 6) is 0.523. The zero-order chi connectivity index (χ0) is 22.7. The van der Waals surface area contributed by atoms with Crippen LogP contribution in [0.3, 0.4) is 0 Å². The van der Waals surface area contributed by atoms with Gasteiger partial charge in [0.1, 0.15) is 17.2 Å². The van der Waals surface area contributed by atoms with Gasteiger partial charge in [-0.15, -0.1) is 0 Å². The van der Waals surface area contributed by atoms with Gasteiger partial charge in [-0.2, -0.15) is 0 Å². The molecule has 1 aliphatic rings. The third kappa shape index (κ3) is 4.07. The highest BCUT2D eigenvalue weighted by molar-refractivity contribution is 6.46. The standard InChI is InChI=1S/C26H24N2O4/c1-4-32-22-7-5-6-19(16-22)27-24-23(18-10-8-17(2)9-11-18)25(29)28(26(24)30)20-12-14-21(31-3)15-13-20/h5-16,27H,4H2,1-3H3. The minimum atomic E-state index is -0.419. The number of methoxy groups -OCH3 is 1. The van der Waals surface area contributed by atoms with Gasteiger partial charge in [0.2, 0.25) is 0 Å². The maximum absolute atomic E-state index is 13.5. The molecule has 0 unspecified atom stereocenters. The number of hydrogen-bond donors (Lipinski definition) is 1. The molecular weight excluding hydrogens is 404 g/mol. The molecule has 4 rings (SSSR count). The molecule has 0 radical (unpaired) electrons. The fourth-order valence-corrected chi connectivity index (χ4v) is 3.57. The predicted octanol–water partition coefficient (Wildman–Crippen LogP) is 4.80. The molecule has 2 amide bonds. The molecule has 1 N–H and O–H groups in total. The van der Waals surface area contributed by atoms with Crippen molar-refractivity contribution in [2.75, 3.05) is 23.9 Å². The quantitative estimate of drug-likeness (QED) is 0.548. The van der Waals surface area contributed by atoms with Crippen LogP contribution in [0.15, 0.2) is 78.5 Å². The fourth-order valence-electron chi connectivity index (χ4n) is 3.57. The van der Waals surface area contributed by atoms with Gasteiger partial charge in [0.25, 0.3) is 11.8 Å². The first-order valence-electron chi connectivity index (χ1n) is 10.4. The van der Waals surface area contributed by atoms with Gasteiger partial charge in [-0.3, -0.25) is 9.59 Å². The Kier molecular flexibility index (Phi) is 5.94. The highest BCUT2D eigenvalue weighted by Gasteiger charge is 2.40. The van der Waals surface area contributed by atoms with E-state index in [1.54, 1.807) is 37.4 Å². The third-order valence-electron chi connectivity index (χ3n) is 5.17. The number of carbonyl (C=O) groups is 2. The molecule has 3 aromatic carbocycles. The Morgan fingerprint density at radius 3 is 2.25 bits per heavy atom. The lowest BCUT2D eigenvalue weighted by Crippen LogP contribution is -2.32. The lowest BCUT2D eigenvalue weighted by Gasteiger charge is -2.16. The lowest BCUT2D eigenvalue weighted by atomic mass is 10.0. The minimum absolute atomic E-state index is 0.225. The van der Waals surface area contributed by atoms with Gasteiger partial charge in [-0.25, -0.2) is 4.90 Å². The van der Waals surface area contributed by atoms with Crippen LogP contribution in [-0.4, -0.2) is 25.5 Å². The van der Waals surface area contributed by atoms with Gasteiger partial charge in [-0.1, -0.05) is 35.9 Å². The van der Waals surface area contributed by atoms with E-state index in [9.17, 15) is 9.59 Å². The molecule has 6 heteroatoms. The van der Waals surface area contributed by atoms with Gasteiger partial charge in [0.05, 0.1) is 25.0 Å². The zero-order valence-corrected chi connectivity index (χ0v) is 18.2. The van der Waals surface area contributed by atoms with Crippen LogP contribution in [0.25, 0.3) is 5.57 Å². The molecule has 0 spiro atoms. The maximum atomic E-state index is 13.5. The Morgan fingerprint density at radius 2 is 1.59 bits per heavy atom. The smallest absolute Gasteiger partial charge is 0.282 e. The van der Waals surface area contributed by atoms with E-state index in [2.05, 4.69) is 5.32 Å². The Balaban J connectivity index is 1.77. The van der Waals surface area contributed by atoms with E-state index in [0.29, 0.717) is 40.6 Å². The van der Waals surface area contributed by atoms with Crippen molar-refractivity contribution >= 4 is 28.8 Å². The number of nitrogens with zero attached hydrogens (tertiary/aromatic N) is 1. The molecule has 0 fully saturated rings. The van der Waals surface area contributed by atoms with Crippen LogP contribution in [0.2, 0.25) is 0 Å². The van der Waals surface area contributed by atoms with Crippen LogP contribution >= 0.6 is 0 Å². The summed E-state index contributed by atoms with van der Waals surface area (Å²) in [5.41, 5.74) is 3.43. The Morgan fingerprint density at radius 1 is 0.875 bits per heavy atom. The second-order valence-corrected chi connectivity index (χ2v) is 7.35. The molecule has 0 bridgehead atoms. The average molecular weight is 428 g/mol. The van der Waals surface area contributed by atoms with Gasteiger partial charge in [-0.05, 0) is 55.8 Å². The van der Waals surface area contributed by atoms with Gasteiger partial charge >= 0.3 is 0 Å². The maximum Gasteiger partial charge on any atom is 0.282 e. The minimum Gasteiger partial charge on any atom is -0.497 e. The van der Waals surface area contributed by atoms with Crippen LogP contribution < -0.4 is 19.7 Å². The SMILES string of the molecule is CCOc1cccc(NC2=C(c3ccc(C)cc3)C(=O)N(c3ccc(OC)cc3)C2=O)c1. The number of amides is 2. The molecule has 0 aromatic heterocycles. The van der Waals surface area contributed by atoms with Crippen molar-refractivity contribution in [1.29, 1.82) is 0 Å². The van der Waals surface area contributed by atoms with E-state index >= 15 is 0 Å². The second-order valence-electron chi connectivity index (χ2n) is 7.35. The van der Waals surface area contributed by atoms with E-state index in [-0.39, 0.29) is 11.6 Å². The Labute approximate surface area is 187 Å². The molecule has 0 saturated carbocycles. The predicted molar refractivity (Wildman–Crippen MR) is 125 cm³/mol. The highest BCUT2D eigenvalue weighted by Crippen LogP contribution is 2.34. The monoisotopic (exact) mass is 428 g/mol. The molecule has 3 aromatic rings. The number of nitrogens with one attached hydrogen (secondary N) is 1. The van der Waals surface area contributed by atoms with E-state index in [1.807, 2.05) is 56.3 Å². The Bertz CT molecular complexity index is 1180. The normalized spacial score (nSPS) is 13.5. The van der Waals surface area contributed by atoms with Crippen molar-refractivity contribution in [1.82, 2.24) is 0 Å². The summed E-state index contributed by atoms with van der Waals surface area (Å²) < 4.78 is 10.8. The largest absolute Gasteiger partial charge is 0.497 e. The van der Waals surface area contributed by atoms with Crippen molar-refractivity contribution in [3.05, 3.63) is 89.6 Å². The van der Waals surface area contributed by atoms with Gasteiger partial charge in [0.15, 0.2) is 0 Å². The average Bonchev–Trinajstić information content (AvgIpc) is 3.04. The topological polar surface area (TPSA) is 67.9 Å². The third-order valence-corrected chi connectivity index (χ3v) is 5.17. The van der Waals surface area contributed by atoms with Crippen LogP contribution in [-0.2, 0) is 9.59 Å².